The summed E-state index contributed by atoms with van der Waals surface area (Å²) in [4.78, 5) is 8.91. The van der Waals surface area contributed by atoms with Crippen LogP contribution in [0.1, 0.15) is 16.1 Å². The van der Waals surface area contributed by atoms with Crippen LogP contribution in [0.25, 0.3) is 10.9 Å². The van der Waals surface area contributed by atoms with Crippen LogP contribution in [0, 0.1) is 6.92 Å². The molecule has 0 bridgehead atoms. The summed E-state index contributed by atoms with van der Waals surface area (Å²) in [6, 6.07) is 8.38. The minimum atomic E-state index is 0.668. The number of nitrogen functional groups attached to an aromatic ring is 1. The Balaban J connectivity index is 1.83. The second kappa shape index (κ2) is 4.46. The molecule has 2 heterocycles. The second-order valence-electron chi connectivity index (χ2n) is 4.41. The first-order chi connectivity index (χ1) is 8.74. The highest BCUT2D eigenvalue weighted by Crippen LogP contribution is 2.23. The van der Waals surface area contributed by atoms with Gasteiger partial charge in [-0.05, 0) is 31.4 Å². The molecular formula is C14H15N3S. The average molecular weight is 257 g/mol. The number of benzene rings is 1. The van der Waals surface area contributed by atoms with Crippen LogP contribution in [-0.2, 0) is 12.8 Å². The van der Waals surface area contributed by atoms with Crippen molar-refractivity contribution in [1.82, 2.24) is 9.97 Å². The number of para-hydroxylation sites is 1. The van der Waals surface area contributed by atoms with Crippen molar-refractivity contribution in [3.8, 4) is 0 Å². The van der Waals surface area contributed by atoms with Gasteiger partial charge in [0.2, 0.25) is 0 Å². The van der Waals surface area contributed by atoms with Crippen LogP contribution >= 0.6 is 11.3 Å². The van der Waals surface area contributed by atoms with E-state index < -0.39 is 0 Å². The minimum absolute atomic E-state index is 0.668. The predicted octanol–water partition coefficient (Wildman–Crippen LogP) is 3.30. The summed E-state index contributed by atoms with van der Waals surface area (Å²) in [6.45, 7) is 2.08. The van der Waals surface area contributed by atoms with Gasteiger partial charge in [0.1, 0.15) is 0 Å². The van der Waals surface area contributed by atoms with E-state index in [9.17, 15) is 0 Å². The fourth-order valence-corrected chi connectivity index (χ4v) is 3.01. The summed E-state index contributed by atoms with van der Waals surface area (Å²) in [5, 5.41) is 1.97. The molecule has 1 aromatic carbocycles. The van der Waals surface area contributed by atoms with Crippen LogP contribution in [0.15, 0.2) is 30.5 Å². The maximum Gasteiger partial charge on any atom is 0.180 e. The molecule has 0 saturated heterocycles. The lowest BCUT2D eigenvalue weighted by Gasteiger charge is -1.98. The summed E-state index contributed by atoms with van der Waals surface area (Å²) in [5.74, 6) is 0. The summed E-state index contributed by atoms with van der Waals surface area (Å²) in [6.07, 6.45) is 4.03. The zero-order valence-corrected chi connectivity index (χ0v) is 11.1. The van der Waals surface area contributed by atoms with Gasteiger partial charge in [-0.3, -0.25) is 0 Å². The maximum absolute atomic E-state index is 5.72. The van der Waals surface area contributed by atoms with Gasteiger partial charge in [0, 0.05) is 22.0 Å². The van der Waals surface area contributed by atoms with E-state index in [0.717, 1.165) is 18.5 Å². The quantitative estimate of drug-likeness (QED) is 0.756. The van der Waals surface area contributed by atoms with E-state index in [1.165, 1.54) is 21.3 Å². The zero-order valence-electron chi connectivity index (χ0n) is 10.2. The number of hydrogen-bond acceptors (Lipinski definition) is 3. The fourth-order valence-electron chi connectivity index (χ4n) is 2.27. The van der Waals surface area contributed by atoms with Crippen molar-refractivity contribution < 1.29 is 0 Å². The van der Waals surface area contributed by atoms with Crippen molar-refractivity contribution in [2.24, 2.45) is 0 Å². The largest absolute Gasteiger partial charge is 0.375 e. The summed E-state index contributed by atoms with van der Waals surface area (Å²) in [7, 11) is 0. The van der Waals surface area contributed by atoms with Crippen molar-refractivity contribution in [2.45, 2.75) is 19.8 Å². The third-order valence-electron chi connectivity index (χ3n) is 3.22. The minimum Gasteiger partial charge on any atom is -0.375 e. The van der Waals surface area contributed by atoms with Crippen LogP contribution in [0.4, 0.5) is 5.13 Å². The molecule has 0 aliphatic carbocycles. The highest BCUT2D eigenvalue weighted by atomic mass is 32.1. The number of aromatic amines is 1. The van der Waals surface area contributed by atoms with Crippen molar-refractivity contribution in [3.05, 3.63) is 46.6 Å². The summed E-state index contributed by atoms with van der Waals surface area (Å²) >= 11 is 1.57. The van der Waals surface area contributed by atoms with E-state index in [-0.39, 0.29) is 0 Å². The highest BCUT2D eigenvalue weighted by molar-refractivity contribution is 7.15. The third kappa shape index (κ3) is 1.99. The van der Waals surface area contributed by atoms with Crippen molar-refractivity contribution in [2.75, 3.05) is 5.73 Å². The standard InChI is InChI=1S/C14H15N3S/c1-9-12(17-14(15)18-9)7-6-10-8-16-13-5-3-2-4-11(10)13/h2-5,8,16H,6-7H2,1H3,(H2,15,17). The number of nitrogens with zero attached hydrogens (tertiary/aromatic N) is 1. The second-order valence-corrected chi connectivity index (χ2v) is 5.65. The van der Waals surface area contributed by atoms with Gasteiger partial charge >= 0.3 is 0 Å². The lowest BCUT2D eigenvalue weighted by Crippen LogP contribution is -1.93. The Hall–Kier alpha value is -1.81. The smallest absolute Gasteiger partial charge is 0.180 e. The number of fused-ring (bicyclic) bond motifs is 1. The molecule has 3 aromatic rings. The molecule has 3 N–H and O–H groups in total. The lowest BCUT2D eigenvalue weighted by molar-refractivity contribution is 0.924. The molecular weight excluding hydrogens is 242 g/mol. The van der Waals surface area contributed by atoms with E-state index >= 15 is 0 Å². The number of aromatic nitrogens is 2. The van der Waals surface area contributed by atoms with Gasteiger partial charge < -0.3 is 10.7 Å². The fraction of sp³-hybridized carbons (Fsp3) is 0.214. The van der Waals surface area contributed by atoms with E-state index in [1.807, 2.05) is 6.07 Å². The van der Waals surface area contributed by atoms with Gasteiger partial charge in [0.15, 0.2) is 5.13 Å². The molecule has 92 valence electrons. The van der Waals surface area contributed by atoms with Gasteiger partial charge in [-0.2, -0.15) is 0 Å². The normalized spacial score (nSPS) is 11.2. The van der Waals surface area contributed by atoms with E-state index in [4.69, 9.17) is 5.73 Å². The molecule has 4 heteroatoms. The number of aryl methyl sites for hydroxylation is 3. The maximum atomic E-state index is 5.72. The Bertz CT molecular complexity index is 681. The molecule has 3 nitrogen and oxygen atoms in total. The Morgan fingerprint density at radius 1 is 1.28 bits per heavy atom. The number of rotatable bonds is 3. The Morgan fingerprint density at radius 2 is 2.11 bits per heavy atom. The molecule has 0 radical (unpaired) electrons. The number of nitrogens with two attached hydrogens (primary N) is 1. The van der Waals surface area contributed by atoms with Crippen LogP contribution in [-0.4, -0.2) is 9.97 Å². The molecule has 0 aliphatic rings. The Kier molecular flexibility index (Phi) is 2.80. The van der Waals surface area contributed by atoms with Gasteiger partial charge in [-0.15, -0.1) is 11.3 Å². The van der Waals surface area contributed by atoms with Gasteiger partial charge in [-0.1, -0.05) is 18.2 Å². The molecule has 0 saturated carbocycles. The molecule has 3 rings (SSSR count). The average Bonchev–Trinajstić information content (AvgIpc) is 2.90. The van der Waals surface area contributed by atoms with Crippen LogP contribution in [0.3, 0.4) is 0 Å². The number of H-pyrrole nitrogens is 1. The van der Waals surface area contributed by atoms with E-state index in [1.54, 1.807) is 11.3 Å². The van der Waals surface area contributed by atoms with Gasteiger partial charge in [-0.25, -0.2) is 4.98 Å². The number of hydrogen-bond donors (Lipinski definition) is 2. The molecule has 0 aliphatic heterocycles. The first kappa shape index (κ1) is 11.3. The van der Waals surface area contributed by atoms with Crippen LogP contribution < -0.4 is 5.73 Å². The number of thiazole rings is 1. The molecule has 0 fully saturated rings. The van der Waals surface area contributed by atoms with Crippen molar-refractivity contribution >= 4 is 27.4 Å². The molecule has 0 unspecified atom stereocenters. The Morgan fingerprint density at radius 3 is 2.89 bits per heavy atom. The van der Waals surface area contributed by atoms with Crippen molar-refractivity contribution in [1.29, 1.82) is 0 Å². The van der Waals surface area contributed by atoms with Gasteiger partial charge in [0.25, 0.3) is 0 Å². The SMILES string of the molecule is Cc1sc(N)nc1CCc1c[nH]c2ccccc12. The number of nitrogens with one attached hydrogen (secondary N) is 1. The first-order valence-corrected chi connectivity index (χ1v) is 6.82. The molecule has 0 atom stereocenters. The van der Waals surface area contributed by atoms with Crippen molar-refractivity contribution in [3.63, 3.8) is 0 Å². The Labute approximate surface area is 110 Å². The summed E-state index contributed by atoms with van der Waals surface area (Å²) in [5.41, 5.74) is 9.39. The predicted molar refractivity (Wildman–Crippen MR) is 77.0 cm³/mol. The topological polar surface area (TPSA) is 54.7 Å². The molecule has 0 amide bonds. The third-order valence-corrected chi connectivity index (χ3v) is 4.06. The molecule has 2 aromatic heterocycles. The van der Waals surface area contributed by atoms with Crippen LogP contribution in [0.2, 0.25) is 0 Å². The monoisotopic (exact) mass is 257 g/mol. The molecule has 0 spiro atoms. The van der Waals surface area contributed by atoms with E-state index in [0.29, 0.717) is 5.13 Å². The van der Waals surface area contributed by atoms with Gasteiger partial charge in [0.05, 0.1) is 5.69 Å². The lowest BCUT2D eigenvalue weighted by atomic mass is 10.1. The number of anilines is 1. The van der Waals surface area contributed by atoms with E-state index in [2.05, 4.69) is 41.3 Å². The first-order valence-electron chi connectivity index (χ1n) is 6.01. The summed E-state index contributed by atoms with van der Waals surface area (Å²) < 4.78 is 0. The molecule has 18 heavy (non-hydrogen) atoms. The highest BCUT2D eigenvalue weighted by Gasteiger charge is 2.08. The van der Waals surface area contributed by atoms with Crippen LogP contribution in [0.5, 0.6) is 0 Å². The zero-order chi connectivity index (χ0) is 12.5.